The molecule has 0 aliphatic carbocycles. The molecule has 0 N–H and O–H groups in total. The van der Waals surface area contributed by atoms with E-state index in [9.17, 15) is 0 Å². The van der Waals surface area contributed by atoms with Gasteiger partial charge in [0.05, 0.1) is 18.5 Å². The maximum Gasteiger partial charge on any atom is 0.212 e. The molecular formula is C17H21N3OS. The van der Waals surface area contributed by atoms with Gasteiger partial charge in [0.25, 0.3) is 0 Å². The summed E-state index contributed by atoms with van der Waals surface area (Å²) in [6, 6.07) is 8.13. The Balaban J connectivity index is 1.74. The number of fused-ring (bicyclic) bond motifs is 1. The van der Waals surface area contributed by atoms with E-state index in [2.05, 4.69) is 36.1 Å². The monoisotopic (exact) mass is 315 g/mol. The summed E-state index contributed by atoms with van der Waals surface area (Å²) >= 11 is 1.67. The van der Waals surface area contributed by atoms with E-state index in [-0.39, 0.29) is 0 Å². The van der Waals surface area contributed by atoms with Crippen LogP contribution in [0.15, 0.2) is 30.5 Å². The standard InChI is InChI=1S/C17H21N3OS/c1-3-5-11-21-14-9-7-13(8-10-14)15-12-20-17(18-15)22-16(19-20)6-4-2/h7-10,12H,3-6,11H2,1-2H3. The molecule has 0 spiro atoms. The molecule has 0 unspecified atom stereocenters. The van der Waals surface area contributed by atoms with E-state index in [0.29, 0.717) is 0 Å². The molecule has 0 bridgehead atoms. The molecule has 2 aromatic heterocycles. The van der Waals surface area contributed by atoms with Crippen LogP contribution in [-0.4, -0.2) is 21.2 Å². The van der Waals surface area contributed by atoms with Crippen molar-refractivity contribution in [3.05, 3.63) is 35.5 Å². The fraction of sp³-hybridized carbons (Fsp3) is 0.412. The fourth-order valence-corrected chi connectivity index (χ4v) is 3.23. The van der Waals surface area contributed by atoms with Gasteiger partial charge in [0.15, 0.2) is 0 Å². The molecule has 116 valence electrons. The Morgan fingerprint density at radius 1 is 1.14 bits per heavy atom. The third-order valence-electron chi connectivity index (χ3n) is 3.47. The van der Waals surface area contributed by atoms with E-state index in [0.717, 1.165) is 59.3 Å². The quantitative estimate of drug-likeness (QED) is 0.599. The number of hydrogen-bond donors (Lipinski definition) is 0. The molecule has 1 aromatic carbocycles. The Morgan fingerprint density at radius 2 is 1.95 bits per heavy atom. The van der Waals surface area contributed by atoms with Gasteiger partial charge in [-0.2, -0.15) is 5.10 Å². The van der Waals surface area contributed by atoms with Gasteiger partial charge in [-0.15, -0.1) is 0 Å². The predicted molar refractivity (Wildman–Crippen MR) is 90.7 cm³/mol. The lowest BCUT2D eigenvalue weighted by Crippen LogP contribution is -1.95. The molecule has 0 saturated carbocycles. The second-order valence-corrected chi connectivity index (χ2v) is 6.37. The first-order valence-corrected chi connectivity index (χ1v) is 8.70. The van der Waals surface area contributed by atoms with E-state index in [1.807, 2.05) is 22.8 Å². The summed E-state index contributed by atoms with van der Waals surface area (Å²) in [6.07, 6.45) is 6.37. The van der Waals surface area contributed by atoms with Crippen molar-refractivity contribution in [2.24, 2.45) is 0 Å². The van der Waals surface area contributed by atoms with Gasteiger partial charge in [-0.1, -0.05) is 31.6 Å². The van der Waals surface area contributed by atoms with Crippen LogP contribution in [0.5, 0.6) is 5.75 Å². The molecule has 2 heterocycles. The Morgan fingerprint density at radius 3 is 2.64 bits per heavy atom. The average molecular weight is 315 g/mol. The molecular weight excluding hydrogens is 294 g/mol. The van der Waals surface area contributed by atoms with Gasteiger partial charge in [0.1, 0.15) is 10.8 Å². The zero-order chi connectivity index (χ0) is 15.4. The number of rotatable bonds is 7. The normalized spacial score (nSPS) is 11.2. The highest BCUT2D eigenvalue weighted by atomic mass is 32.1. The smallest absolute Gasteiger partial charge is 0.212 e. The van der Waals surface area contributed by atoms with Crippen LogP contribution in [0.25, 0.3) is 16.2 Å². The van der Waals surface area contributed by atoms with Crippen molar-refractivity contribution in [3.63, 3.8) is 0 Å². The van der Waals surface area contributed by atoms with Crippen LogP contribution in [0.3, 0.4) is 0 Å². The highest BCUT2D eigenvalue weighted by Crippen LogP contribution is 2.24. The van der Waals surface area contributed by atoms with Crippen molar-refractivity contribution in [3.8, 4) is 17.0 Å². The van der Waals surface area contributed by atoms with Gasteiger partial charge in [-0.25, -0.2) is 9.50 Å². The third kappa shape index (κ3) is 3.30. The molecule has 0 atom stereocenters. The Kier molecular flexibility index (Phi) is 4.73. The molecule has 3 rings (SSSR count). The largest absolute Gasteiger partial charge is 0.494 e. The summed E-state index contributed by atoms with van der Waals surface area (Å²) in [5.74, 6) is 0.918. The number of unbranched alkanes of at least 4 members (excludes halogenated alkanes) is 1. The van der Waals surface area contributed by atoms with Crippen molar-refractivity contribution >= 4 is 16.3 Å². The number of imidazole rings is 1. The number of hydrogen-bond acceptors (Lipinski definition) is 4. The Bertz CT molecular complexity index is 699. The van der Waals surface area contributed by atoms with Gasteiger partial charge in [-0.3, -0.25) is 0 Å². The lowest BCUT2D eigenvalue weighted by molar-refractivity contribution is 0.309. The predicted octanol–water partition coefficient (Wildman–Crippen LogP) is 4.59. The summed E-state index contributed by atoms with van der Waals surface area (Å²) in [6.45, 7) is 5.11. The first-order chi connectivity index (χ1) is 10.8. The molecule has 0 amide bonds. The van der Waals surface area contributed by atoms with Gasteiger partial charge < -0.3 is 4.74 Å². The van der Waals surface area contributed by atoms with Crippen LogP contribution in [0.2, 0.25) is 0 Å². The highest BCUT2D eigenvalue weighted by Gasteiger charge is 2.09. The van der Waals surface area contributed by atoms with E-state index >= 15 is 0 Å². The minimum Gasteiger partial charge on any atom is -0.494 e. The molecule has 0 aliphatic heterocycles. The van der Waals surface area contributed by atoms with Crippen LogP contribution in [-0.2, 0) is 6.42 Å². The molecule has 0 aliphatic rings. The van der Waals surface area contributed by atoms with Crippen LogP contribution < -0.4 is 4.74 Å². The Labute approximate surface area is 134 Å². The third-order valence-corrected chi connectivity index (χ3v) is 4.45. The molecule has 0 fully saturated rings. The maximum absolute atomic E-state index is 5.69. The lowest BCUT2D eigenvalue weighted by Gasteiger charge is -2.05. The first-order valence-electron chi connectivity index (χ1n) is 7.88. The topological polar surface area (TPSA) is 39.4 Å². The van der Waals surface area contributed by atoms with E-state index in [1.54, 1.807) is 11.3 Å². The number of aryl methyl sites for hydroxylation is 1. The zero-order valence-corrected chi connectivity index (χ0v) is 13.9. The van der Waals surface area contributed by atoms with Gasteiger partial charge >= 0.3 is 0 Å². The molecule has 22 heavy (non-hydrogen) atoms. The van der Waals surface area contributed by atoms with Crippen LogP contribution >= 0.6 is 11.3 Å². The van der Waals surface area contributed by atoms with Crippen molar-refractivity contribution in [1.82, 2.24) is 14.6 Å². The second kappa shape index (κ2) is 6.92. The van der Waals surface area contributed by atoms with Crippen molar-refractivity contribution in [1.29, 1.82) is 0 Å². The van der Waals surface area contributed by atoms with Gasteiger partial charge in [-0.05, 0) is 37.1 Å². The molecule has 0 radical (unpaired) electrons. The zero-order valence-electron chi connectivity index (χ0n) is 13.1. The van der Waals surface area contributed by atoms with Crippen LogP contribution in [0.1, 0.15) is 38.1 Å². The number of ether oxygens (including phenoxy) is 1. The summed E-state index contributed by atoms with van der Waals surface area (Å²) < 4.78 is 7.57. The number of benzene rings is 1. The molecule has 0 saturated heterocycles. The van der Waals surface area contributed by atoms with Crippen LogP contribution in [0.4, 0.5) is 0 Å². The van der Waals surface area contributed by atoms with Crippen molar-refractivity contribution in [2.75, 3.05) is 6.61 Å². The van der Waals surface area contributed by atoms with E-state index in [1.165, 1.54) is 0 Å². The Hall–Kier alpha value is -1.88. The maximum atomic E-state index is 5.69. The average Bonchev–Trinajstić information content (AvgIpc) is 3.07. The van der Waals surface area contributed by atoms with Gasteiger partial charge in [0, 0.05) is 12.0 Å². The second-order valence-electron chi connectivity index (χ2n) is 5.33. The van der Waals surface area contributed by atoms with Crippen LogP contribution in [0, 0.1) is 0 Å². The summed E-state index contributed by atoms with van der Waals surface area (Å²) in [4.78, 5) is 5.63. The summed E-state index contributed by atoms with van der Waals surface area (Å²) in [5.41, 5.74) is 2.06. The van der Waals surface area contributed by atoms with Gasteiger partial charge in [0.2, 0.25) is 4.96 Å². The highest BCUT2D eigenvalue weighted by molar-refractivity contribution is 7.16. The molecule has 5 heteroatoms. The molecule has 4 nitrogen and oxygen atoms in total. The van der Waals surface area contributed by atoms with Crippen molar-refractivity contribution < 1.29 is 4.74 Å². The number of nitrogens with zero attached hydrogens (tertiary/aromatic N) is 3. The van der Waals surface area contributed by atoms with Crippen molar-refractivity contribution in [2.45, 2.75) is 39.5 Å². The SMILES string of the molecule is CCCCOc1ccc(-c2cn3nc(CCC)sc3n2)cc1. The first kappa shape index (κ1) is 15.0. The lowest BCUT2D eigenvalue weighted by atomic mass is 10.2. The number of aromatic nitrogens is 3. The summed E-state index contributed by atoms with van der Waals surface area (Å²) in [5, 5.41) is 5.71. The minimum atomic E-state index is 0.778. The fourth-order valence-electron chi connectivity index (χ4n) is 2.25. The summed E-state index contributed by atoms with van der Waals surface area (Å²) in [7, 11) is 0. The van der Waals surface area contributed by atoms with E-state index in [4.69, 9.17) is 4.74 Å². The molecule has 3 aromatic rings. The minimum absolute atomic E-state index is 0.778. The van der Waals surface area contributed by atoms with E-state index < -0.39 is 0 Å².